The number of carbonyl (C=O) groups excluding carboxylic acids is 2. The molecule has 21 heavy (non-hydrogen) atoms. The maximum absolute atomic E-state index is 12.5. The molecule has 2 aliphatic heterocycles. The summed E-state index contributed by atoms with van der Waals surface area (Å²) in [5.41, 5.74) is -0.397. The second-order valence-electron chi connectivity index (χ2n) is 4.42. The molecule has 0 bridgehead atoms. The van der Waals surface area contributed by atoms with E-state index in [1.165, 1.54) is 12.2 Å². The molecule has 1 atom stereocenters. The number of carbonyl (C=O) groups is 2. The second kappa shape index (κ2) is 5.28. The number of urea groups is 1. The minimum Gasteiger partial charge on any atom is -0.457 e. The summed E-state index contributed by atoms with van der Waals surface area (Å²) in [5, 5.41) is 4.93. The second-order valence-corrected chi connectivity index (χ2v) is 4.42. The molecule has 0 aromatic rings. The molecule has 1 saturated heterocycles. The summed E-state index contributed by atoms with van der Waals surface area (Å²) in [4.78, 5) is 24.1. The van der Waals surface area contributed by atoms with Gasteiger partial charge in [-0.1, -0.05) is 38.0 Å². The molecule has 108 valence electrons. The van der Waals surface area contributed by atoms with Crippen molar-refractivity contribution in [2.75, 3.05) is 0 Å². The van der Waals surface area contributed by atoms with E-state index in [9.17, 15) is 9.59 Å². The van der Waals surface area contributed by atoms with E-state index in [0.29, 0.717) is 22.7 Å². The largest absolute Gasteiger partial charge is 0.457 e. The van der Waals surface area contributed by atoms with Crippen molar-refractivity contribution in [1.82, 2.24) is 10.6 Å². The van der Waals surface area contributed by atoms with Crippen LogP contribution in [0, 0.1) is 0 Å². The number of hydrogen-bond acceptors (Lipinski definition) is 3. The van der Waals surface area contributed by atoms with E-state index >= 15 is 0 Å². The SMILES string of the molecule is C=C/C=C1/OC(C=C)=C(C=C)C2(NC(=O)NC2=O)/C1=C/C. The number of hydrogen-bond donors (Lipinski definition) is 2. The first-order valence-corrected chi connectivity index (χ1v) is 6.36. The third-order valence-corrected chi connectivity index (χ3v) is 3.37. The van der Waals surface area contributed by atoms with Gasteiger partial charge in [-0.05, 0) is 19.1 Å². The third-order valence-electron chi connectivity index (χ3n) is 3.37. The summed E-state index contributed by atoms with van der Waals surface area (Å²) in [6, 6.07) is -0.568. The monoisotopic (exact) mass is 284 g/mol. The highest BCUT2D eigenvalue weighted by Crippen LogP contribution is 2.42. The Bertz CT molecular complexity index is 652. The quantitative estimate of drug-likeness (QED) is 0.781. The molecular weight excluding hydrogens is 268 g/mol. The zero-order valence-corrected chi connectivity index (χ0v) is 11.7. The van der Waals surface area contributed by atoms with Crippen molar-refractivity contribution in [3.63, 3.8) is 0 Å². The molecule has 0 radical (unpaired) electrons. The van der Waals surface area contributed by atoms with Crippen LogP contribution in [0.2, 0.25) is 0 Å². The summed E-state index contributed by atoms with van der Waals surface area (Å²) in [5.74, 6) is 0.305. The highest BCUT2D eigenvalue weighted by Gasteiger charge is 2.55. The van der Waals surface area contributed by atoms with Gasteiger partial charge in [-0.15, -0.1) is 0 Å². The molecule has 2 heterocycles. The Balaban J connectivity index is 2.83. The van der Waals surface area contributed by atoms with Gasteiger partial charge in [0.1, 0.15) is 11.5 Å². The first-order valence-electron chi connectivity index (χ1n) is 6.36. The van der Waals surface area contributed by atoms with Crippen LogP contribution in [0.3, 0.4) is 0 Å². The summed E-state index contributed by atoms with van der Waals surface area (Å²) in [7, 11) is 0. The first kappa shape index (κ1) is 14.6. The fraction of sp³-hybridized carbons (Fsp3) is 0.125. The molecular formula is C16H16N2O3. The molecule has 0 saturated carbocycles. The van der Waals surface area contributed by atoms with Gasteiger partial charge in [0.05, 0.1) is 0 Å². The normalized spacial score (nSPS) is 28.4. The van der Waals surface area contributed by atoms with Crippen LogP contribution in [-0.2, 0) is 9.53 Å². The molecule has 5 nitrogen and oxygen atoms in total. The summed E-state index contributed by atoms with van der Waals surface area (Å²) in [6.45, 7) is 12.8. The van der Waals surface area contributed by atoms with Crippen LogP contribution in [0.5, 0.6) is 0 Å². The fourth-order valence-electron chi connectivity index (χ4n) is 2.57. The van der Waals surface area contributed by atoms with Gasteiger partial charge in [0, 0.05) is 11.1 Å². The highest BCUT2D eigenvalue weighted by atomic mass is 16.5. The van der Waals surface area contributed by atoms with Crippen molar-refractivity contribution < 1.29 is 14.3 Å². The van der Waals surface area contributed by atoms with Gasteiger partial charge in [-0.2, -0.15) is 0 Å². The molecule has 1 spiro atoms. The van der Waals surface area contributed by atoms with Gasteiger partial charge in [0.15, 0.2) is 5.54 Å². The maximum Gasteiger partial charge on any atom is 0.322 e. The lowest BCUT2D eigenvalue weighted by atomic mass is 9.78. The molecule has 0 aliphatic carbocycles. The van der Waals surface area contributed by atoms with Crippen LogP contribution in [0.15, 0.2) is 72.8 Å². The van der Waals surface area contributed by atoms with Crippen molar-refractivity contribution >= 4 is 11.9 Å². The van der Waals surface area contributed by atoms with Crippen LogP contribution in [-0.4, -0.2) is 17.5 Å². The third kappa shape index (κ3) is 1.94. The smallest absolute Gasteiger partial charge is 0.322 e. The van der Waals surface area contributed by atoms with Crippen LogP contribution in [0.25, 0.3) is 0 Å². The van der Waals surface area contributed by atoms with Gasteiger partial charge in [-0.25, -0.2) is 4.79 Å². The lowest BCUT2D eigenvalue weighted by Gasteiger charge is -2.36. The minimum atomic E-state index is -1.36. The molecule has 2 aliphatic rings. The van der Waals surface area contributed by atoms with E-state index in [1.807, 2.05) is 0 Å². The Hall–Kier alpha value is -2.82. The van der Waals surface area contributed by atoms with E-state index in [-0.39, 0.29) is 0 Å². The number of allylic oxidation sites excluding steroid dienone is 4. The number of nitrogens with one attached hydrogen (secondary N) is 2. The molecule has 5 heteroatoms. The van der Waals surface area contributed by atoms with Crippen LogP contribution in [0.1, 0.15) is 6.92 Å². The molecule has 2 rings (SSSR count). The summed E-state index contributed by atoms with van der Waals surface area (Å²) in [6.07, 6.45) is 7.83. The molecule has 0 aromatic carbocycles. The lowest BCUT2D eigenvalue weighted by Crippen LogP contribution is -2.52. The van der Waals surface area contributed by atoms with Crippen molar-refractivity contribution in [3.05, 3.63) is 72.8 Å². The Labute approximate surface area is 123 Å². The molecule has 2 N–H and O–H groups in total. The van der Waals surface area contributed by atoms with Gasteiger partial charge in [-0.3, -0.25) is 10.1 Å². The van der Waals surface area contributed by atoms with E-state index in [0.717, 1.165) is 0 Å². The fourth-order valence-corrected chi connectivity index (χ4v) is 2.57. The number of imide groups is 1. The van der Waals surface area contributed by atoms with Gasteiger partial charge < -0.3 is 10.1 Å². The average molecular weight is 284 g/mol. The maximum atomic E-state index is 12.5. The van der Waals surface area contributed by atoms with Gasteiger partial charge in [0.25, 0.3) is 5.91 Å². The predicted molar refractivity (Wildman–Crippen MR) is 79.9 cm³/mol. The van der Waals surface area contributed by atoms with Gasteiger partial charge in [0.2, 0.25) is 0 Å². The van der Waals surface area contributed by atoms with Crippen molar-refractivity contribution in [2.45, 2.75) is 12.5 Å². The van der Waals surface area contributed by atoms with Crippen molar-refractivity contribution in [2.24, 2.45) is 0 Å². The molecule has 1 fully saturated rings. The Kier molecular flexibility index (Phi) is 3.67. The predicted octanol–water partition coefficient (Wildman–Crippen LogP) is 2.24. The zero-order valence-electron chi connectivity index (χ0n) is 11.7. The van der Waals surface area contributed by atoms with Crippen LogP contribution < -0.4 is 10.6 Å². The molecule has 0 aromatic heterocycles. The Morgan fingerprint density at radius 1 is 1.19 bits per heavy atom. The summed E-state index contributed by atoms with van der Waals surface area (Å²) >= 11 is 0. The standard InChI is InChI=1S/C16H16N2O3/c1-5-9-13-11(7-3)16(14(19)17-15(20)18-16)10(6-2)12(8-4)21-13/h5-9H,1-2,4H2,3H3,(H2,17,18,19,20)/b11-7+,13-9+. The van der Waals surface area contributed by atoms with Crippen LogP contribution >= 0.6 is 0 Å². The molecule has 3 amide bonds. The Morgan fingerprint density at radius 2 is 1.90 bits per heavy atom. The number of amides is 3. The zero-order chi connectivity index (χ0) is 15.6. The van der Waals surface area contributed by atoms with Crippen molar-refractivity contribution in [1.29, 1.82) is 0 Å². The van der Waals surface area contributed by atoms with Gasteiger partial charge >= 0.3 is 6.03 Å². The highest BCUT2D eigenvalue weighted by molar-refractivity contribution is 6.12. The first-order chi connectivity index (χ1) is 10.0. The number of ether oxygens (including phenoxy) is 1. The number of rotatable bonds is 3. The minimum absolute atomic E-state index is 0.362. The summed E-state index contributed by atoms with van der Waals surface area (Å²) < 4.78 is 5.73. The van der Waals surface area contributed by atoms with E-state index < -0.39 is 17.5 Å². The average Bonchev–Trinajstić information content (AvgIpc) is 2.74. The topological polar surface area (TPSA) is 67.4 Å². The lowest BCUT2D eigenvalue weighted by molar-refractivity contribution is -0.121. The van der Waals surface area contributed by atoms with Crippen molar-refractivity contribution in [3.8, 4) is 0 Å². The van der Waals surface area contributed by atoms with Crippen LogP contribution in [0.4, 0.5) is 4.79 Å². The van der Waals surface area contributed by atoms with E-state index in [4.69, 9.17) is 4.74 Å². The Morgan fingerprint density at radius 3 is 2.33 bits per heavy atom. The molecule has 1 unspecified atom stereocenters. The van der Waals surface area contributed by atoms with E-state index in [1.54, 1.807) is 25.2 Å². The van der Waals surface area contributed by atoms with E-state index in [2.05, 4.69) is 30.4 Å².